The maximum Gasteiger partial charge on any atom is 0.408 e. The Morgan fingerprint density at radius 1 is 0.917 bits per heavy atom. The third-order valence-electron chi connectivity index (χ3n) is 6.33. The van der Waals surface area contributed by atoms with Crippen LogP contribution >= 0.6 is 0 Å². The number of rotatable bonds is 9. The first-order valence-corrected chi connectivity index (χ1v) is 12.4. The fourth-order valence-electron chi connectivity index (χ4n) is 3.90. The lowest BCUT2D eigenvalue weighted by Crippen LogP contribution is -2.56. The quantitative estimate of drug-likeness (QED) is 0.500. The molecule has 0 saturated heterocycles. The van der Waals surface area contributed by atoms with Crippen molar-refractivity contribution in [2.75, 3.05) is 6.54 Å². The average Bonchev–Trinajstić information content (AvgIpc) is 2.81. The number of benzene rings is 2. The number of hydrogen-bond acceptors (Lipinski definition) is 4. The van der Waals surface area contributed by atoms with Crippen LogP contribution in [0.2, 0.25) is 0 Å². The normalized spacial score (nSPS) is 12.4. The van der Waals surface area contributed by atoms with E-state index in [0.29, 0.717) is 13.0 Å². The van der Waals surface area contributed by atoms with Gasteiger partial charge < -0.3 is 20.3 Å². The second-order valence-corrected chi connectivity index (χ2v) is 10.7. The topological polar surface area (TPSA) is 87.7 Å². The molecular formula is C29H41N3O4. The van der Waals surface area contributed by atoms with Crippen LogP contribution in [0.1, 0.15) is 76.3 Å². The molecule has 2 N–H and O–H groups in total. The van der Waals surface area contributed by atoms with Crippen LogP contribution in [0.25, 0.3) is 0 Å². The molecule has 0 aliphatic carbocycles. The molecule has 0 fully saturated rings. The van der Waals surface area contributed by atoms with Gasteiger partial charge >= 0.3 is 6.09 Å². The summed E-state index contributed by atoms with van der Waals surface area (Å²) in [7, 11) is 0. The second-order valence-electron chi connectivity index (χ2n) is 10.7. The van der Waals surface area contributed by atoms with Gasteiger partial charge in [0.25, 0.3) is 0 Å². The molecule has 7 heteroatoms. The van der Waals surface area contributed by atoms with Crippen molar-refractivity contribution < 1.29 is 19.1 Å². The number of nitrogens with zero attached hydrogens (tertiary/aromatic N) is 1. The lowest BCUT2D eigenvalue weighted by atomic mass is 9.90. The zero-order valence-electron chi connectivity index (χ0n) is 22.9. The fourth-order valence-corrected chi connectivity index (χ4v) is 3.90. The molecule has 0 spiro atoms. The van der Waals surface area contributed by atoms with E-state index in [2.05, 4.69) is 10.6 Å². The average molecular weight is 496 g/mol. The molecule has 2 aromatic rings. The summed E-state index contributed by atoms with van der Waals surface area (Å²) < 4.78 is 5.29. The molecule has 0 bridgehead atoms. The minimum Gasteiger partial charge on any atom is -0.444 e. The van der Waals surface area contributed by atoms with Gasteiger partial charge in [0, 0.05) is 12.1 Å². The van der Waals surface area contributed by atoms with Crippen molar-refractivity contribution >= 4 is 17.9 Å². The zero-order chi connectivity index (χ0) is 27.1. The molecule has 2 rings (SSSR count). The summed E-state index contributed by atoms with van der Waals surface area (Å²) in [5.41, 5.74) is 2.34. The maximum absolute atomic E-state index is 13.8. The molecule has 0 saturated carbocycles. The van der Waals surface area contributed by atoms with Crippen molar-refractivity contribution in [1.29, 1.82) is 0 Å². The van der Waals surface area contributed by atoms with Gasteiger partial charge in [-0.3, -0.25) is 9.59 Å². The van der Waals surface area contributed by atoms with E-state index in [4.69, 9.17) is 4.74 Å². The molecule has 1 unspecified atom stereocenters. The molecule has 0 aliphatic rings. The monoisotopic (exact) mass is 495 g/mol. The van der Waals surface area contributed by atoms with Crippen molar-refractivity contribution in [1.82, 2.24) is 15.5 Å². The van der Waals surface area contributed by atoms with E-state index in [1.54, 1.807) is 25.7 Å². The summed E-state index contributed by atoms with van der Waals surface area (Å²) in [6.07, 6.45) is -0.0691. The van der Waals surface area contributed by atoms with Crippen LogP contribution in [0, 0.1) is 13.8 Å². The van der Waals surface area contributed by atoms with Crippen molar-refractivity contribution in [2.45, 2.75) is 85.5 Å². The highest BCUT2D eigenvalue weighted by Gasteiger charge is 2.40. The van der Waals surface area contributed by atoms with Crippen LogP contribution in [0.15, 0.2) is 48.5 Å². The van der Waals surface area contributed by atoms with Crippen LogP contribution in [0.4, 0.5) is 4.79 Å². The van der Waals surface area contributed by atoms with Crippen LogP contribution in [-0.4, -0.2) is 40.5 Å². The Kier molecular flexibility index (Phi) is 9.68. The highest BCUT2D eigenvalue weighted by Crippen LogP contribution is 2.33. The van der Waals surface area contributed by atoms with E-state index in [-0.39, 0.29) is 18.4 Å². The molecular weight excluding hydrogens is 454 g/mol. The lowest BCUT2D eigenvalue weighted by Gasteiger charge is -2.43. The third-order valence-corrected chi connectivity index (χ3v) is 6.33. The van der Waals surface area contributed by atoms with Crippen LogP contribution < -0.4 is 10.6 Å². The van der Waals surface area contributed by atoms with E-state index in [1.807, 2.05) is 83.1 Å². The highest BCUT2D eigenvalue weighted by molar-refractivity contribution is 5.91. The van der Waals surface area contributed by atoms with Gasteiger partial charge in [-0.1, -0.05) is 55.5 Å². The molecule has 1 atom stereocenters. The molecule has 0 radical (unpaired) electrons. The Bertz CT molecular complexity index is 1060. The Morgan fingerprint density at radius 2 is 1.56 bits per heavy atom. The van der Waals surface area contributed by atoms with Crippen molar-refractivity contribution in [3.8, 4) is 0 Å². The van der Waals surface area contributed by atoms with Gasteiger partial charge in [0.1, 0.15) is 18.2 Å². The smallest absolute Gasteiger partial charge is 0.408 e. The number of amides is 3. The number of alkyl carbamates (subject to hydrolysis) is 1. The van der Waals surface area contributed by atoms with Crippen molar-refractivity contribution in [3.05, 3.63) is 70.8 Å². The number of carbonyl (C=O) groups is 3. The largest absolute Gasteiger partial charge is 0.444 e. The number of ether oxygens (including phenoxy) is 1. The standard InChI is InChI=1S/C29H41N3O4/c1-9-29(7,8)32(24(33)19-31-27(35)36-28(4,5)6)25(23-17-13-14-20(2)21(23)3)26(34)30-18-22-15-11-10-12-16-22/h10-17,25H,9,18-19H2,1-8H3,(H,30,34)(H,31,35). The van der Waals surface area contributed by atoms with E-state index in [0.717, 1.165) is 22.3 Å². The molecule has 36 heavy (non-hydrogen) atoms. The van der Waals surface area contributed by atoms with E-state index in [9.17, 15) is 14.4 Å². The van der Waals surface area contributed by atoms with E-state index < -0.39 is 23.3 Å². The number of carbonyl (C=O) groups excluding carboxylic acids is 3. The Balaban J connectivity index is 2.45. The Hall–Kier alpha value is -3.35. The SMILES string of the molecule is CCC(C)(C)N(C(=O)CNC(=O)OC(C)(C)C)C(C(=O)NCc1ccccc1)c1cccc(C)c1C. The lowest BCUT2D eigenvalue weighted by molar-refractivity contribution is -0.146. The summed E-state index contributed by atoms with van der Waals surface area (Å²) in [5.74, 6) is -0.645. The Morgan fingerprint density at radius 3 is 2.14 bits per heavy atom. The van der Waals surface area contributed by atoms with Gasteiger partial charge in [-0.05, 0) is 77.1 Å². The van der Waals surface area contributed by atoms with Gasteiger partial charge in [-0.2, -0.15) is 0 Å². The predicted octanol–water partition coefficient (Wildman–Crippen LogP) is 5.20. The van der Waals surface area contributed by atoms with Gasteiger partial charge in [-0.15, -0.1) is 0 Å². The number of nitrogens with one attached hydrogen (secondary N) is 2. The van der Waals surface area contributed by atoms with Crippen LogP contribution in [0.5, 0.6) is 0 Å². The van der Waals surface area contributed by atoms with Crippen molar-refractivity contribution in [3.63, 3.8) is 0 Å². The highest BCUT2D eigenvalue weighted by atomic mass is 16.6. The van der Waals surface area contributed by atoms with E-state index >= 15 is 0 Å². The summed E-state index contributed by atoms with van der Waals surface area (Å²) in [4.78, 5) is 41.3. The summed E-state index contributed by atoms with van der Waals surface area (Å²) in [6, 6.07) is 14.5. The maximum atomic E-state index is 13.8. The molecule has 0 heterocycles. The fraction of sp³-hybridized carbons (Fsp3) is 0.483. The van der Waals surface area contributed by atoms with Crippen molar-refractivity contribution in [2.24, 2.45) is 0 Å². The second kappa shape index (κ2) is 12.1. The molecule has 3 amide bonds. The number of hydrogen-bond donors (Lipinski definition) is 2. The molecule has 196 valence electrons. The minimum absolute atomic E-state index is 0.278. The predicted molar refractivity (Wildman–Crippen MR) is 142 cm³/mol. The third kappa shape index (κ3) is 7.83. The first-order valence-electron chi connectivity index (χ1n) is 12.4. The molecule has 0 aromatic heterocycles. The summed E-state index contributed by atoms with van der Waals surface area (Å²) in [5, 5.41) is 5.59. The van der Waals surface area contributed by atoms with Gasteiger partial charge in [-0.25, -0.2) is 4.79 Å². The minimum atomic E-state index is -0.878. The zero-order valence-corrected chi connectivity index (χ0v) is 22.9. The first-order chi connectivity index (χ1) is 16.8. The van der Waals surface area contributed by atoms with Gasteiger partial charge in [0.05, 0.1) is 0 Å². The van der Waals surface area contributed by atoms with Crippen LogP contribution in [0.3, 0.4) is 0 Å². The summed E-state index contributed by atoms with van der Waals surface area (Å²) in [6.45, 7) is 15.1. The molecule has 7 nitrogen and oxygen atoms in total. The van der Waals surface area contributed by atoms with Crippen LogP contribution in [-0.2, 0) is 20.9 Å². The van der Waals surface area contributed by atoms with Gasteiger partial charge in [0.15, 0.2) is 0 Å². The molecule has 0 aliphatic heterocycles. The summed E-state index contributed by atoms with van der Waals surface area (Å²) >= 11 is 0. The molecule has 2 aromatic carbocycles. The Labute approximate surface area is 215 Å². The van der Waals surface area contributed by atoms with E-state index in [1.165, 1.54) is 0 Å². The first kappa shape index (κ1) is 28.9. The number of aryl methyl sites for hydroxylation is 1. The van der Waals surface area contributed by atoms with Gasteiger partial charge in [0.2, 0.25) is 11.8 Å².